The highest BCUT2D eigenvalue weighted by Gasteiger charge is 2.25. The Morgan fingerprint density at radius 3 is 2.90 bits per heavy atom. The molecule has 0 saturated heterocycles. The fourth-order valence-corrected chi connectivity index (χ4v) is 2.57. The number of nitrogens with two attached hydrogens (primary N) is 1. The number of fused-ring (bicyclic) bond motifs is 1. The summed E-state index contributed by atoms with van der Waals surface area (Å²) in [5.41, 5.74) is 6.19. The van der Waals surface area contributed by atoms with E-state index in [9.17, 15) is 0 Å². The SMILES string of the molecule is CCNc1nc(C#N)cc2cnc(N[C@H]3C[C@H](N)C3)cc12. The Kier molecular flexibility index (Phi) is 3.59. The van der Waals surface area contributed by atoms with Gasteiger partial charge in [-0.15, -0.1) is 0 Å². The summed E-state index contributed by atoms with van der Waals surface area (Å²) in [5, 5.41) is 17.5. The van der Waals surface area contributed by atoms with Gasteiger partial charge in [-0.1, -0.05) is 0 Å². The number of nitrogens with one attached hydrogen (secondary N) is 2. The van der Waals surface area contributed by atoms with Crippen molar-refractivity contribution < 1.29 is 0 Å². The smallest absolute Gasteiger partial charge is 0.143 e. The molecule has 0 aliphatic heterocycles. The molecule has 0 bridgehead atoms. The third-order valence-corrected chi connectivity index (χ3v) is 3.70. The number of hydrogen-bond donors (Lipinski definition) is 3. The number of rotatable bonds is 4. The lowest BCUT2D eigenvalue weighted by atomic mass is 9.88. The lowest BCUT2D eigenvalue weighted by molar-refractivity contribution is 0.373. The van der Waals surface area contributed by atoms with Crippen LogP contribution in [0.1, 0.15) is 25.5 Å². The summed E-state index contributed by atoms with van der Waals surface area (Å²) in [5.74, 6) is 1.55. The van der Waals surface area contributed by atoms with Gasteiger partial charge in [0.1, 0.15) is 23.4 Å². The highest BCUT2D eigenvalue weighted by atomic mass is 15.0. The van der Waals surface area contributed by atoms with Crippen LogP contribution < -0.4 is 16.4 Å². The Balaban J connectivity index is 1.95. The second-order valence-electron chi connectivity index (χ2n) is 5.36. The predicted octanol–water partition coefficient (Wildman–Crippen LogP) is 1.83. The van der Waals surface area contributed by atoms with Gasteiger partial charge in [-0.3, -0.25) is 0 Å². The minimum atomic E-state index is 0.306. The van der Waals surface area contributed by atoms with E-state index in [0.29, 0.717) is 17.8 Å². The van der Waals surface area contributed by atoms with Crippen molar-refractivity contribution in [3.8, 4) is 6.07 Å². The molecule has 0 atom stereocenters. The van der Waals surface area contributed by atoms with Crippen LogP contribution in [0.5, 0.6) is 0 Å². The monoisotopic (exact) mass is 282 g/mol. The fourth-order valence-electron chi connectivity index (χ4n) is 2.57. The highest BCUT2D eigenvalue weighted by Crippen LogP contribution is 2.27. The summed E-state index contributed by atoms with van der Waals surface area (Å²) in [4.78, 5) is 8.74. The van der Waals surface area contributed by atoms with E-state index in [2.05, 4.69) is 26.7 Å². The van der Waals surface area contributed by atoms with E-state index in [1.54, 1.807) is 12.3 Å². The number of hydrogen-bond acceptors (Lipinski definition) is 6. The van der Waals surface area contributed by atoms with Crippen LogP contribution in [-0.4, -0.2) is 28.6 Å². The van der Waals surface area contributed by atoms with Crippen LogP contribution in [0.25, 0.3) is 10.8 Å². The van der Waals surface area contributed by atoms with Crippen molar-refractivity contribution in [2.75, 3.05) is 17.2 Å². The van der Waals surface area contributed by atoms with Gasteiger partial charge in [0.2, 0.25) is 0 Å². The van der Waals surface area contributed by atoms with Crippen molar-refractivity contribution in [1.82, 2.24) is 9.97 Å². The summed E-state index contributed by atoms with van der Waals surface area (Å²) in [7, 11) is 0. The van der Waals surface area contributed by atoms with Gasteiger partial charge in [0.25, 0.3) is 0 Å². The number of nitriles is 1. The van der Waals surface area contributed by atoms with Crippen LogP contribution in [0.3, 0.4) is 0 Å². The normalized spacial score (nSPS) is 20.6. The molecule has 1 saturated carbocycles. The second kappa shape index (κ2) is 5.54. The van der Waals surface area contributed by atoms with E-state index in [0.717, 1.165) is 41.8 Å². The van der Waals surface area contributed by atoms with Gasteiger partial charge in [-0.25, -0.2) is 9.97 Å². The molecular formula is C15H18N6. The summed E-state index contributed by atoms with van der Waals surface area (Å²) in [6.07, 6.45) is 3.73. The summed E-state index contributed by atoms with van der Waals surface area (Å²) in [6.45, 7) is 2.75. The molecule has 0 aromatic carbocycles. The third kappa shape index (κ3) is 2.73. The van der Waals surface area contributed by atoms with E-state index >= 15 is 0 Å². The van der Waals surface area contributed by atoms with E-state index in [1.165, 1.54) is 0 Å². The van der Waals surface area contributed by atoms with Crippen LogP contribution in [0.15, 0.2) is 18.3 Å². The second-order valence-corrected chi connectivity index (χ2v) is 5.36. The van der Waals surface area contributed by atoms with Crippen molar-refractivity contribution in [3.63, 3.8) is 0 Å². The van der Waals surface area contributed by atoms with Gasteiger partial charge in [0.15, 0.2) is 0 Å². The summed E-state index contributed by atoms with van der Waals surface area (Å²) >= 11 is 0. The lowest BCUT2D eigenvalue weighted by Crippen LogP contribution is -2.44. The standard InChI is InChI=1S/C15H18N6/c1-2-18-15-13-6-14(20-11-4-10(17)5-11)19-8-9(13)3-12(7-16)21-15/h3,6,8,10-11H,2,4-5,17H2,1H3,(H,18,21)(H,19,20)/t10-,11-. The van der Waals surface area contributed by atoms with Gasteiger partial charge in [0.05, 0.1) is 0 Å². The van der Waals surface area contributed by atoms with Crippen molar-refractivity contribution >= 4 is 22.4 Å². The Bertz CT molecular complexity index is 699. The number of anilines is 2. The maximum atomic E-state index is 9.04. The van der Waals surface area contributed by atoms with E-state index in [-0.39, 0.29) is 0 Å². The fraction of sp³-hybridized carbons (Fsp3) is 0.400. The molecule has 0 spiro atoms. The molecule has 0 amide bonds. The molecule has 2 heterocycles. The first kappa shape index (κ1) is 13.6. The van der Waals surface area contributed by atoms with Gasteiger partial charge < -0.3 is 16.4 Å². The molecule has 4 N–H and O–H groups in total. The average Bonchev–Trinajstić information content (AvgIpc) is 2.46. The minimum Gasteiger partial charge on any atom is -0.370 e. The number of nitrogens with zero attached hydrogens (tertiary/aromatic N) is 3. The zero-order valence-electron chi connectivity index (χ0n) is 11.9. The molecule has 1 aliphatic carbocycles. The Morgan fingerprint density at radius 1 is 1.43 bits per heavy atom. The maximum absolute atomic E-state index is 9.04. The van der Waals surface area contributed by atoms with Gasteiger partial charge in [-0.2, -0.15) is 5.26 Å². The molecule has 21 heavy (non-hydrogen) atoms. The van der Waals surface area contributed by atoms with Crippen molar-refractivity contribution in [1.29, 1.82) is 5.26 Å². The first-order valence-electron chi connectivity index (χ1n) is 7.16. The Labute approximate surface area is 123 Å². The zero-order valence-corrected chi connectivity index (χ0v) is 11.9. The zero-order chi connectivity index (χ0) is 14.8. The average molecular weight is 282 g/mol. The predicted molar refractivity (Wildman–Crippen MR) is 83.0 cm³/mol. The molecule has 108 valence electrons. The lowest BCUT2D eigenvalue weighted by Gasteiger charge is -2.33. The van der Waals surface area contributed by atoms with Crippen LogP contribution in [0.2, 0.25) is 0 Å². The van der Waals surface area contributed by atoms with Crippen molar-refractivity contribution in [3.05, 3.63) is 24.0 Å². The van der Waals surface area contributed by atoms with Crippen LogP contribution >= 0.6 is 0 Å². The third-order valence-electron chi connectivity index (χ3n) is 3.70. The highest BCUT2D eigenvalue weighted by molar-refractivity contribution is 5.93. The van der Waals surface area contributed by atoms with E-state index in [4.69, 9.17) is 11.0 Å². The molecule has 0 radical (unpaired) electrons. The molecule has 3 rings (SSSR count). The van der Waals surface area contributed by atoms with E-state index < -0.39 is 0 Å². The van der Waals surface area contributed by atoms with Crippen LogP contribution in [0, 0.1) is 11.3 Å². The first-order chi connectivity index (χ1) is 10.2. The van der Waals surface area contributed by atoms with Gasteiger partial charge in [0, 0.05) is 35.6 Å². The minimum absolute atomic E-state index is 0.306. The number of aromatic nitrogens is 2. The number of pyridine rings is 2. The molecule has 1 fully saturated rings. The maximum Gasteiger partial charge on any atom is 0.143 e. The van der Waals surface area contributed by atoms with E-state index in [1.807, 2.05) is 13.0 Å². The Morgan fingerprint density at radius 2 is 2.24 bits per heavy atom. The van der Waals surface area contributed by atoms with Gasteiger partial charge >= 0.3 is 0 Å². The topological polar surface area (TPSA) is 99.6 Å². The van der Waals surface area contributed by atoms with Crippen LogP contribution in [0.4, 0.5) is 11.6 Å². The first-order valence-corrected chi connectivity index (χ1v) is 7.16. The molecular weight excluding hydrogens is 264 g/mol. The summed E-state index contributed by atoms with van der Waals surface area (Å²) in [6, 6.07) is 6.52. The molecule has 0 unspecified atom stereocenters. The molecule has 6 nitrogen and oxygen atoms in total. The van der Waals surface area contributed by atoms with Crippen molar-refractivity contribution in [2.24, 2.45) is 5.73 Å². The van der Waals surface area contributed by atoms with Gasteiger partial charge in [-0.05, 0) is 31.9 Å². The van der Waals surface area contributed by atoms with Crippen molar-refractivity contribution in [2.45, 2.75) is 31.8 Å². The van der Waals surface area contributed by atoms with Crippen LogP contribution in [-0.2, 0) is 0 Å². The quantitative estimate of drug-likeness (QED) is 0.791. The molecule has 6 heteroatoms. The molecule has 2 aromatic heterocycles. The molecule has 1 aliphatic rings. The largest absolute Gasteiger partial charge is 0.370 e. The Hall–Kier alpha value is -2.39. The molecule has 2 aromatic rings. The summed E-state index contributed by atoms with van der Waals surface area (Å²) < 4.78 is 0.